The van der Waals surface area contributed by atoms with E-state index in [0.29, 0.717) is 42.2 Å². The number of rotatable bonds is 9. The summed E-state index contributed by atoms with van der Waals surface area (Å²) in [6.45, 7) is 2.55. The van der Waals surface area contributed by atoms with E-state index in [0.717, 1.165) is 42.3 Å². The molecule has 1 aliphatic rings. The summed E-state index contributed by atoms with van der Waals surface area (Å²) < 4.78 is 40.3. The molecule has 0 amide bonds. The number of fused-ring (bicyclic) bond motifs is 2. The van der Waals surface area contributed by atoms with Gasteiger partial charge < -0.3 is 19.4 Å². The fraction of sp³-hybridized carbons (Fsp3) is 0.500. The van der Waals surface area contributed by atoms with Crippen molar-refractivity contribution in [2.75, 3.05) is 25.6 Å². The molecule has 11 heteroatoms. The van der Waals surface area contributed by atoms with Crippen LogP contribution in [-0.4, -0.2) is 68.0 Å². The first-order valence-electron chi connectivity index (χ1n) is 11.8. The van der Waals surface area contributed by atoms with Crippen LogP contribution in [0.1, 0.15) is 31.5 Å². The number of ether oxygens (including phenoxy) is 2. The van der Waals surface area contributed by atoms with Crippen LogP contribution in [0.2, 0.25) is 0 Å². The smallest absolute Gasteiger partial charge is 0.256 e. The molecule has 1 saturated carbocycles. The minimum absolute atomic E-state index is 0.283. The van der Waals surface area contributed by atoms with Gasteiger partial charge in [0.05, 0.1) is 43.1 Å². The predicted molar refractivity (Wildman–Crippen MR) is 128 cm³/mol. The Hall–Kier alpha value is -3.18. The summed E-state index contributed by atoms with van der Waals surface area (Å²) in [6, 6.07) is 4.08. The molecule has 0 saturated heterocycles. The van der Waals surface area contributed by atoms with Crippen molar-refractivity contribution in [3.63, 3.8) is 0 Å². The lowest BCUT2D eigenvalue weighted by Gasteiger charge is -2.29. The first-order chi connectivity index (χ1) is 17.0. The van der Waals surface area contributed by atoms with Crippen LogP contribution in [0, 0.1) is 6.92 Å². The topological polar surface area (TPSA) is 91.4 Å². The monoisotopic (exact) mass is 485 g/mol. The Morgan fingerprint density at radius 1 is 1.11 bits per heavy atom. The largest absolute Gasteiger partial charge is 0.382 e. The molecule has 0 radical (unpaired) electrons. The number of hydrogen-bond acceptors (Lipinski definition) is 7. The molecule has 1 aliphatic carbocycles. The molecule has 4 aromatic rings. The van der Waals surface area contributed by atoms with Gasteiger partial charge in [0.1, 0.15) is 5.82 Å². The number of pyridine rings is 1. The molecule has 4 heterocycles. The maximum atomic E-state index is 13.1. The van der Waals surface area contributed by atoms with Gasteiger partial charge >= 0.3 is 0 Å². The third kappa shape index (κ3) is 5.10. The Morgan fingerprint density at radius 3 is 2.71 bits per heavy atom. The zero-order valence-electron chi connectivity index (χ0n) is 19.8. The van der Waals surface area contributed by atoms with Crippen molar-refractivity contribution >= 4 is 22.6 Å². The van der Waals surface area contributed by atoms with Gasteiger partial charge in [-0.1, -0.05) is 0 Å². The van der Waals surface area contributed by atoms with Crippen LogP contribution in [0.3, 0.4) is 0 Å². The van der Waals surface area contributed by atoms with E-state index in [2.05, 4.69) is 25.4 Å². The van der Waals surface area contributed by atoms with Crippen LogP contribution in [0.5, 0.6) is 0 Å². The van der Waals surface area contributed by atoms with Crippen molar-refractivity contribution in [1.82, 2.24) is 29.1 Å². The third-order valence-corrected chi connectivity index (χ3v) is 6.49. The van der Waals surface area contributed by atoms with Gasteiger partial charge in [-0.25, -0.2) is 28.2 Å². The summed E-state index contributed by atoms with van der Waals surface area (Å²) in [5.74, 6) is 1.09. The number of nitrogens with one attached hydrogen (secondary N) is 1. The van der Waals surface area contributed by atoms with Gasteiger partial charge in [-0.15, -0.1) is 5.10 Å². The molecule has 0 atom stereocenters. The van der Waals surface area contributed by atoms with Crippen LogP contribution in [0.15, 0.2) is 30.7 Å². The number of anilines is 1. The van der Waals surface area contributed by atoms with Crippen molar-refractivity contribution in [3.05, 3.63) is 36.5 Å². The molecule has 1 N–H and O–H groups in total. The van der Waals surface area contributed by atoms with Crippen molar-refractivity contribution in [2.45, 2.75) is 57.7 Å². The Kier molecular flexibility index (Phi) is 6.87. The predicted octanol–water partition coefficient (Wildman–Crippen LogP) is 4.10. The quantitative estimate of drug-likeness (QED) is 0.357. The molecule has 4 aromatic heterocycles. The zero-order chi connectivity index (χ0) is 24.4. The molecule has 0 spiro atoms. The summed E-state index contributed by atoms with van der Waals surface area (Å²) in [4.78, 5) is 13.2. The molecule has 0 aliphatic heterocycles. The lowest BCUT2D eigenvalue weighted by atomic mass is 9.93. The van der Waals surface area contributed by atoms with E-state index >= 15 is 0 Å². The number of hydrogen-bond donors (Lipinski definition) is 1. The highest BCUT2D eigenvalue weighted by atomic mass is 19.3. The summed E-state index contributed by atoms with van der Waals surface area (Å²) in [5, 5.41) is 8.07. The Morgan fingerprint density at radius 2 is 1.94 bits per heavy atom. The highest BCUT2D eigenvalue weighted by molar-refractivity contribution is 5.85. The normalized spacial score (nSPS) is 18.7. The molecule has 186 valence electrons. The van der Waals surface area contributed by atoms with E-state index < -0.39 is 13.0 Å². The lowest BCUT2D eigenvalue weighted by Crippen LogP contribution is -2.31. The lowest BCUT2D eigenvalue weighted by molar-refractivity contribution is -0.00158. The van der Waals surface area contributed by atoms with Gasteiger partial charge in [-0.05, 0) is 44.7 Å². The maximum absolute atomic E-state index is 13.1. The van der Waals surface area contributed by atoms with Crippen molar-refractivity contribution in [1.29, 1.82) is 0 Å². The molecule has 0 bridgehead atoms. The van der Waals surface area contributed by atoms with Crippen LogP contribution in [0.25, 0.3) is 27.8 Å². The number of methoxy groups -OCH3 is 1. The van der Waals surface area contributed by atoms with Crippen LogP contribution in [-0.2, 0) is 16.0 Å². The number of aryl methyl sites for hydroxylation is 1. The minimum atomic E-state index is -2.47. The van der Waals surface area contributed by atoms with E-state index in [4.69, 9.17) is 9.47 Å². The first kappa shape index (κ1) is 23.6. The van der Waals surface area contributed by atoms with Gasteiger partial charge in [0.25, 0.3) is 6.43 Å². The van der Waals surface area contributed by atoms with Crippen LogP contribution >= 0.6 is 0 Å². The van der Waals surface area contributed by atoms with E-state index in [1.807, 2.05) is 18.3 Å². The summed E-state index contributed by atoms with van der Waals surface area (Å²) in [7, 11) is 1.68. The van der Waals surface area contributed by atoms with Gasteiger partial charge in [0.2, 0.25) is 5.95 Å². The summed E-state index contributed by atoms with van der Waals surface area (Å²) in [6.07, 6.45) is 7.13. The van der Waals surface area contributed by atoms with Crippen molar-refractivity contribution in [2.24, 2.45) is 0 Å². The molecule has 0 unspecified atom stereocenters. The van der Waals surface area contributed by atoms with Crippen molar-refractivity contribution in [3.8, 4) is 11.1 Å². The van der Waals surface area contributed by atoms with Crippen LogP contribution in [0.4, 0.5) is 14.7 Å². The second kappa shape index (κ2) is 10.2. The number of halogens is 2. The van der Waals surface area contributed by atoms with Crippen LogP contribution < -0.4 is 5.32 Å². The van der Waals surface area contributed by atoms with Gasteiger partial charge in [0, 0.05) is 36.7 Å². The Balaban J connectivity index is 1.31. The van der Waals surface area contributed by atoms with Gasteiger partial charge in [-0.2, -0.15) is 0 Å². The molecule has 5 rings (SSSR count). The maximum Gasteiger partial charge on any atom is 0.256 e. The SMILES string of the molecule is COCCOC1CCC(Nc2ncc3c(-c4cnc5nc(C)n(CC(F)F)c5c4)ccn3n2)CC1. The standard InChI is InChI=1S/C24H29F2N7O2/c1-15-29-23-20(32(15)14-22(25)26)11-16(12-27-23)19-7-8-33-21(19)13-28-24(31-33)30-17-3-5-18(6-4-17)35-10-9-34-2/h7-8,11-13,17-18,22H,3-6,9-10,14H2,1-2H3,(H,30,31). The fourth-order valence-corrected chi connectivity index (χ4v) is 4.70. The number of alkyl halides is 2. The third-order valence-electron chi connectivity index (χ3n) is 6.49. The first-order valence-corrected chi connectivity index (χ1v) is 11.8. The molecule has 1 fully saturated rings. The average Bonchev–Trinajstić information content (AvgIpc) is 3.40. The van der Waals surface area contributed by atoms with E-state index in [9.17, 15) is 8.78 Å². The van der Waals surface area contributed by atoms with E-state index in [-0.39, 0.29) is 6.10 Å². The van der Waals surface area contributed by atoms with E-state index in [1.54, 1.807) is 30.9 Å². The zero-order valence-corrected chi connectivity index (χ0v) is 19.8. The second-order valence-electron chi connectivity index (χ2n) is 8.85. The molecule has 35 heavy (non-hydrogen) atoms. The highest BCUT2D eigenvalue weighted by Gasteiger charge is 2.22. The molecular formula is C24H29F2N7O2. The molecular weight excluding hydrogens is 456 g/mol. The van der Waals surface area contributed by atoms with Gasteiger partial charge in [-0.3, -0.25) is 0 Å². The molecule has 0 aromatic carbocycles. The second-order valence-corrected chi connectivity index (χ2v) is 8.85. The number of aromatic nitrogens is 6. The number of nitrogens with zero attached hydrogens (tertiary/aromatic N) is 6. The minimum Gasteiger partial charge on any atom is -0.382 e. The number of imidazole rings is 1. The fourth-order valence-electron chi connectivity index (χ4n) is 4.70. The Labute approximate surface area is 201 Å². The summed E-state index contributed by atoms with van der Waals surface area (Å²) in [5.41, 5.74) is 3.52. The highest BCUT2D eigenvalue weighted by Crippen LogP contribution is 2.29. The Bertz CT molecular complexity index is 1300. The summed E-state index contributed by atoms with van der Waals surface area (Å²) >= 11 is 0. The van der Waals surface area contributed by atoms with Gasteiger partial charge in [0.15, 0.2) is 5.65 Å². The average molecular weight is 486 g/mol. The molecule has 9 nitrogen and oxygen atoms in total. The van der Waals surface area contributed by atoms with E-state index in [1.165, 1.54) is 4.57 Å². The van der Waals surface area contributed by atoms with Crippen molar-refractivity contribution < 1.29 is 18.3 Å².